The Morgan fingerprint density at radius 3 is 1.84 bits per heavy atom. The van der Waals surface area contributed by atoms with Crippen LogP contribution >= 0.6 is 15.9 Å². The lowest BCUT2D eigenvalue weighted by Crippen LogP contribution is -2.55. The summed E-state index contributed by atoms with van der Waals surface area (Å²) in [6.45, 7) is 0. The molecule has 2 heterocycles. The average molecular weight is 653 g/mol. The van der Waals surface area contributed by atoms with Crippen molar-refractivity contribution >= 4 is 62.2 Å². The zero-order valence-electron chi connectivity index (χ0n) is 23.6. The van der Waals surface area contributed by atoms with Crippen LogP contribution in [0.4, 0.5) is 5.69 Å². The lowest BCUT2D eigenvalue weighted by molar-refractivity contribution is -0.122. The summed E-state index contributed by atoms with van der Waals surface area (Å²) in [6, 6.07) is 33.5. The van der Waals surface area contributed by atoms with Crippen LogP contribution in [-0.4, -0.2) is 34.9 Å². The molecule has 3 aliphatic carbocycles. The van der Waals surface area contributed by atoms with Gasteiger partial charge in [-0.05, 0) is 64.0 Å². The van der Waals surface area contributed by atoms with Gasteiger partial charge >= 0.3 is 0 Å². The number of imide groups is 2. The summed E-state index contributed by atoms with van der Waals surface area (Å²) in [7, 11) is 0. The van der Waals surface area contributed by atoms with Gasteiger partial charge in [0.2, 0.25) is 11.8 Å². The molecule has 8 heteroatoms. The normalized spacial score (nSPS) is 24.4. The van der Waals surface area contributed by atoms with Crippen LogP contribution in [0.5, 0.6) is 0 Å². The van der Waals surface area contributed by atoms with Gasteiger partial charge in [-0.3, -0.25) is 19.2 Å². The summed E-state index contributed by atoms with van der Waals surface area (Å²) in [5.74, 6) is -3.55. The number of benzene rings is 5. The number of nitrogens with zero attached hydrogens (tertiary/aromatic N) is 3. The molecule has 1 saturated heterocycles. The van der Waals surface area contributed by atoms with Crippen molar-refractivity contribution in [1.82, 2.24) is 5.01 Å². The number of amides is 4. The minimum absolute atomic E-state index is 0.273. The van der Waals surface area contributed by atoms with E-state index in [-0.39, 0.29) is 17.7 Å². The molecular weight excluding hydrogens is 630 g/mol. The van der Waals surface area contributed by atoms with Gasteiger partial charge in [0.1, 0.15) is 0 Å². The van der Waals surface area contributed by atoms with E-state index in [0.717, 1.165) is 37.1 Å². The van der Waals surface area contributed by atoms with Crippen molar-refractivity contribution in [2.45, 2.75) is 11.3 Å². The molecular formula is C37H22BrN3O4. The van der Waals surface area contributed by atoms with E-state index in [4.69, 9.17) is 0 Å². The second-order valence-electron chi connectivity index (χ2n) is 11.9. The molecule has 5 aliphatic rings. The molecule has 4 amide bonds. The Kier molecular flexibility index (Phi) is 5.33. The fraction of sp³-hybridized carbons (Fsp3) is 0.108. The van der Waals surface area contributed by atoms with Crippen molar-refractivity contribution in [3.05, 3.63) is 147 Å². The number of hydrogen-bond acceptors (Lipinski definition) is 5. The average Bonchev–Trinajstić information content (AvgIpc) is 3.34. The number of carbonyl (C=O) groups is 4. The van der Waals surface area contributed by atoms with Gasteiger partial charge in [-0.2, -0.15) is 10.1 Å². The zero-order valence-corrected chi connectivity index (χ0v) is 25.1. The smallest absolute Gasteiger partial charge is 0.274 e. The number of hydrazone groups is 1. The summed E-state index contributed by atoms with van der Waals surface area (Å²) < 4.78 is 0.833. The molecule has 5 aromatic rings. The van der Waals surface area contributed by atoms with Crippen molar-refractivity contribution in [2.24, 2.45) is 16.9 Å². The highest BCUT2D eigenvalue weighted by Crippen LogP contribution is 2.63. The molecule has 2 aliphatic heterocycles. The minimum Gasteiger partial charge on any atom is -0.274 e. The third-order valence-electron chi connectivity index (χ3n) is 9.90. The van der Waals surface area contributed by atoms with Gasteiger partial charge in [-0.15, -0.1) is 0 Å². The van der Waals surface area contributed by atoms with Gasteiger partial charge in [0.15, 0.2) is 0 Å². The molecule has 1 fully saturated rings. The molecule has 0 saturated carbocycles. The van der Waals surface area contributed by atoms with E-state index in [1.807, 2.05) is 60.7 Å². The Bertz CT molecular complexity index is 2110. The van der Waals surface area contributed by atoms with E-state index in [2.05, 4.69) is 21.0 Å². The highest BCUT2D eigenvalue weighted by molar-refractivity contribution is 9.10. The fourth-order valence-electron chi connectivity index (χ4n) is 8.17. The first-order valence-electron chi connectivity index (χ1n) is 14.7. The van der Waals surface area contributed by atoms with Gasteiger partial charge in [-0.1, -0.05) is 88.7 Å². The van der Waals surface area contributed by atoms with E-state index in [1.165, 1.54) is 4.90 Å². The van der Waals surface area contributed by atoms with Crippen LogP contribution in [0.3, 0.4) is 0 Å². The number of hydrogen-bond donors (Lipinski definition) is 0. The summed E-state index contributed by atoms with van der Waals surface area (Å²) in [5.41, 5.74) is 3.62. The van der Waals surface area contributed by atoms with Gasteiger partial charge in [-0.25, -0.2) is 4.90 Å². The van der Waals surface area contributed by atoms with Crippen molar-refractivity contribution in [3.8, 4) is 0 Å². The third kappa shape index (κ3) is 3.27. The molecule has 0 aromatic heterocycles. The van der Waals surface area contributed by atoms with E-state index in [1.54, 1.807) is 54.7 Å². The Hall–Kier alpha value is -5.21. The third-order valence-corrected chi connectivity index (χ3v) is 10.4. The SMILES string of the molecule is O=C1c2cccc3cccc(c23)C(=O)N1N=CC12c3ccccc3C(c3ccccc31)C1C(=O)N(c3ccc(Br)cc3)C(=O)C12. The van der Waals surface area contributed by atoms with Crippen molar-refractivity contribution in [2.75, 3.05) is 4.90 Å². The number of anilines is 1. The molecule has 0 N–H and O–H groups in total. The van der Waals surface area contributed by atoms with E-state index >= 15 is 0 Å². The van der Waals surface area contributed by atoms with Crippen LogP contribution < -0.4 is 4.90 Å². The summed E-state index contributed by atoms with van der Waals surface area (Å²) in [5, 5.41) is 6.98. The van der Waals surface area contributed by atoms with E-state index < -0.39 is 29.1 Å². The van der Waals surface area contributed by atoms with Gasteiger partial charge in [0, 0.05) is 22.0 Å². The summed E-state index contributed by atoms with van der Waals surface area (Å²) in [6.07, 6.45) is 1.58. The first-order chi connectivity index (χ1) is 21.9. The standard InChI is InChI=1S/C37H22BrN3O4/c38-21-15-17-22(18-16-21)40-35(44)31-30-23-9-1-3-13-27(23)37(32(31)36(40)45,28-14-4-2-10-24(28)30)19-39-41-33(42)25-11-5-7-20-8-6-12-26(29(20)25)34(41)43/h1-19,30-32H. The Morgan fingerprint density at radius 2 is 1.24 bits per heavy atom. The minimum atomic E-state index is -1.22. The van der Waals surface area contributed by atoms with Crippen LogP contribution in [0.2, 0.25) is 0 Å². The van der Waals surface area contributed by atoms with Crippen LogP contribution in [0, 0.1) is 11.8 Å². The number of halogens is 1. The van der Waals surface area contributed by atoms with Crippen LogP contribution in [-0.2, 0) is 15.0 Å². The molecule has 7 nitrogen and oxygen atoms in total. The van der Waals surface area contributed by atoms with Gasteiger partial charge < -0.3 is 0 Å². The molecule has 2 atom stereocenters. The predicted molar refractivity (Wildman–Crippen MR) is 172 cm³/mol. The maximum Gasteiger partial charge on any atom is 0.282 e. The largest absolute Gasteiger partial charge is 0.282 e. The number of carbonyl (C=O) groups excluding carboxylic acids is 4. The lowest BCUT2D eigenvalue weighted by Gasteiger charge is -2.52. The molecule has 216 valence electrons. The fourth-order valence-corrected chi connectivity index (χ4v) is 8.43. The molecule has 45 heavy (non-hydrogen) atoms. The summed E-state index contributed by atoms with van der Waals surface area (Å²) in [4.78, 5) is 58.0. The quantitative estimate of drug-likeness (QED) is 0.166. The maximum atomic E-state index is 14.6. The summed E-state index contributed by atoms with van der Waals surface area (Å²) >= 11 is 3.44. The predicted octanol–water partition coefficient (Wildman–Crippen LogP) is 6.44. The second-order valence-corrected chi connectivity index (χ2v) is 12.8. The molecule has 2 bridgehead atoms. The Morgan fingerprint density at radius 1 is 0.667 bits per heavy atom. The topological polar surface area (TPSA) is 87.1 Å². The zero-order chi connectivity index (χ0) is 30.6. The van der Waals surface area contributed by atoms with Crippen molar-refractivity contribution in [3.63, 3.8) is 0 Å². The van der Waals surface area contributed by atoms with Crippen molar-refractivity contribution in [1.29, 1.82) is 0 Å². The highest BCUT2D eigenvalue weighted by atomic mass is 79.9. The van der Waals surface area contributed by atoms with E-state index in [0.29, 0.717) is 22.2 Å². The Labute approximate surface area is 265 Å². The monoisotopic (exact) mass is 651 g/mol. The first kappa shape index (κ1) is 26.2. The van der Waals surface area contributed by atoms with Crippen LogP contribution in [0.15, 0.2) is 119 Å². The molecule has 2 unspecified atom stereocenters. The van der Waals surface area contributed by atoms with Gasteiger partial charge in [0.25, 0.3) is 11.8 Å². The molecule has 0 radical (unpaired) electrons. The first-order valence-corrected chi connectivity index (χ1v) is 15.5. The van der Waals surface area contributed by atoms with Crippen molar-refractivity contribution < 1.29 is 19.2 Å². The maximum absolute atomic E-state index is 14.6. The highest BCUT2D eigenvalue weighted by Gasteiger charge is 2.68. The van der Waals surface area contributed by atoms with Crippen LogP contribution in [0.25, 0.3) is 10.8 Å². The van der Waals surface area contributed by atoms with E-state index in [9.17, 15) is 19.2 Å². The Balaban J connectivity index is 1.27. The van der Waals surface area contributed by atoms with Crippen LogP contribution in [0.1, 0.15) is 48.9 Å². The molecule has 0 spiro atoms. The lowest BCUT2D eigenvalue weighted by atomic mass is 9.47. The molecule has 5 aromatic carbocycles. The second kappa shape index (κ2) is 9.15. The molecule has 10 rings (SSSR count). The van der Waals surface area contributed by atoms with Gasteiger partial charge in [0.05, 0.1) is 34.1 Å². The number of rotatable bonds is 3.